The zero-order valence-corrected chi connectivity index (χ0v) is 11.4. The van der Waals surface area contributed by atoms with Crippen molar-refractivity contribution < 1.29 is 9.66 Å². The third-order valence-corrected chi connectivity index (χ3v) is 3.73. The highest BCUT2D eigenvalue weighted by atomic mass is 16.6. The fourth-order valence-electron chi connectivity index (χ4n) is 2.65. The lowest BCUT2D eigenvalue weighted by molar-refractivity contribution is -0.386. The third-order valence-electron chi connectivity index (χ3n) is 3.73. The molecule has 0 bridgehead atoms. The van der Waals surface area contributed by atoms with Crippen molar-refractivity contribution in [2.24, 2.45) is 0 Å². The summed E-state index contributed by atoms with van der Waals surface area (Å²) in [4.78, 5) is 10.7. The number of nitrogens with one attached hydrogen (secondary N) is 1. The molecule has 0 aromatic heterocycles. The normalized spacial score (nSPS) is 23.1. The molecule has 2 unspecified atom stereocenters. The highest BCUT2D eigenvalue weighted by Gasteiger charge is 2.28. The largest absolute Gasteiger partial charge is 0.482 e. The molecule has 0 amide bonds. The van der Waals surface area contributed by atoms with Gasteiger partial charge >= 0.3 is 5.69 Å². The van der Waals surface area contributed by atoms with E-state index in [0.29, 0.717) is 5.75 Å². The zero-order chi connectivity index (χ0) is 13.8. The number of ether oxygens (including phenoxy) is 1. The van der Waals surface area contributed by atoms with Crippen LogP contribution in [-0.2, 0) is 0 Å². The summed E-state index contributed by atoms with van der Waals surface area (Å²) in [6, 6.07) is 5.31. The van der Waals surface area contributed by atoms with E-state index in [0.717, 1.165) is 24.8 Å². The Morgan fingerprint density at radius 1 is 1.37 bits per heavy atom. The minimum absolute atomic E-state index is 0.0125. The number of nitrogens with zero attached hydrogens (tertiary/aromatic N) is 1. The first-order valence-corrected chi connectivity index (χ1v) is 6.71. The van der Waals surface area contributed by atoms with Crippen LogP contribution in [-0.4, -0.2) is 24.1 Å². The van der Waals surface area contributed by atoms with Crippen LogP contribution >= 0.6 is 0 Å². The molecule has 1 saturated carbocycles. The molecule has 19 heavy (non-hydrogen) atoms. The van der Waals surface area contributed by atoms with Crippen molar-refractivity contribution in [2.45, 2.75) is 44.8 Å². The van der Waals surface area contributed by atoms with E-state index in [1.807, 2.05) is 20.0 Å². The number of hydrogen-bond donors (Lipinski definition) is 1. The second-order valence-electron chi connectivity index (χ2n) is 5.02. The van der Waals surface area contributed by atoms with Gasteiger partial charge < -0.3 is 10.1 Å². The van der Waals surface area contributed by atoms with Gasteiger partial charge in [0.05, 0.1) is 4.92 Å². The van der Waals surface area contributed by atoms with Crippen LogP contribution < -0.4 is 10.1 Å². The van der Waals surface area contributed by atoms with Crippen LogP contribution in [0, 0.1) is 17.0 Å². The highest BCUT2D eigenvalue weighted by Crippen LogP contribution is 2.33. The van der Waals surface area contributed by atoms with Crippen LogP contribution in [0.2, 0.25) is 0 Å². The number of likely N-dealkylation sites (N-methyl/N-ethyl adjacent to an activating group) is 1. The van der Waals surface area contributed by atoms with Gasteiger partial charge in [-0.1, -0.05) is 18.6 Å². The molecule has 2 rings (SSSR count). The number of benzene rings is 1. The SMILES string of the molecule is CNC1CCCCC1Oc1c(C)cccc1[N+](=O)[O-]. The summed E-state index contributed by atoms with van der Waals surface area (Å²) in [5.41, 5.74) is 0.870. The number of nitro groups is 1. The van der Waals surface area contributed by atoms with Gasteiger partial charge in [-0.2, -0.15) is 0 Å². The Labute approximate surface area is 113 Å². The maximum atomic E-state index is 11.1. The van der Waals surface area contributed by atoms with E-state index in [-0.39, 0.29) is 22.8 Å². The maximum absolute atomic E-state index is 11.1. The molecule has 0 heterocycles. The van der Waals surface area contributed by atoms with Crippen molar-refractivity contribution in [3.05, 3.63) is 33.9 Å². The molecule has 0 radical (unpaired) electrons. The summed E-state index contributed by atoms with van der Waals surface area (Å²) < 4.78 is 5.98. The molecule has 1 aliphatic carbocycles. The smallest absolute Gasteiger partial charge is 0.311 e. The molecule has 1 fully saturated rings. The van der Waals surface area contributed by atoms with Gasteiger partial charge in [0, 0.05) is 12.1 Å². The van der Waals surface area contributed by atoms with Crippen LogP contribution in [0.15, 0.2) is 18.2 Å². The molecule has 104 valence electrons. The highest BCUT2D eigenvalue weighted by molar-refractivity contribution is 5.51. The molecular formula is C14H20N2O3. The van der Waals surface area contributed by atoms with Crippen molar-refractivity contribution in [1.82, 2.24) is 5.32 Å². The molecule has 0 spiro atoms. The predicted molar refractivity (Wildman–Crippen MR) is 73.6 cm³/mol. The molecular weight excluding hydrogens is 244 g/mol. The van der Waals surface area contributed by atoms with E-state index in [4.69, 9.17) is 4.74 Å². The lowest BCUT2D eigenvalue weighted by Crippen LogP contribution is -2.43. The standard InChI is InChI=1S/C14H20N2O3/c1-10-6-5-8-12(16(17)18)14(10)19-13-9-4-3-7-11(13)15-2/h5-6,8,11,13,15H,3-4,7,9H2,1-2H3. The van der Waals surface area contributed by atoms with Crippen molar-refractivity contribution in [1.29, 1.82) is 0 Å². The quantitative estimate of drug-likeness (QED) is 0.671. The van der Waals surface area contributed by atoms with E-state index in [1.165, 1.54) is 12.5 Å². The number of rotatable bonds is 4. The minimum atomic E-state index is -0.375. The first kappa shape index (κ1) is 13.8. The second-order valence-corrected chi connectivity index (χ2v) is 5.02. The number of nitro benzene ring substituents is 1. The van der Waals surface area contributed by atoms with Crippen molar-refractivity contribution >= 4 is 5.69 Å². The van der Waals surface area contributed by atoms with Gasteiger partial charge in [-0.15, -0.1) is 0 Å². The summed E-state index contributed by atoms with van der Waals surface area (Å²) in [7, 11) is 1.92. The minimum Gasteiger partial charge on any atom is -0.482 e. The van der Waals surface area contributed by atoms with Crippen LogP contribution in [0.1, 0.15) is 31.2 Å². The Morgan fingerprint density at radius 3 is 2.79 bits per heavy atom. The fraction of sp³-hybridized carbons (Fsp3) is 0.571. The molecule has 2 atom stereocenters. The number of hydrogen-bond acceptors (Lipinski definition) is 4. The molecule has 1 N–H and O–H groups in total. The first-order chi connectivity index (χ1) is 9.13. The van der Waals surface area contributed by atoms with Crippen LogP contribution in [0.3, 0.4) is 0 Å². The van der Waals surface area contributed by atoms with Crippen LogP contribution in [0.4, 0.5) is 5.69 Å². The average Bonchev–Trinajstić information content (AvgIpc) is 2.41. The Morgan fingerprint density at radius 2 is 2.11 bits per heavy atom. The Hall–Kier alpha value is -1.62. The fourth-order valence-corrected chi connectivity index (χ4v) is 2.65. The Kier molecular flexibility index (Phi) is 4.37. The Balaban J connectivity index is 2.24. The predicted octanol–water partition coefficient (Wildman–Crippen LogP) is 2.81. The number of para-hydroxylation sites is 1. The summed E-state index contributed by atoms with van der Waals surface area (Å²) in [5.74, 6) is 0.416. The molecule has 1 aromatic rings. The summed E-state index contributed by atoms with van der Waals surface area (Å²) in [6.45, 7) is 1.85. The van der Waals surface area contributed by atoms with Gasteiger partial charge in [-0.3, -0.25) is 10.1 Å². The zero-order valence-electron chi connectivity index (χ0n) is 11.4. The van der Waals surface area contributed by atoms with E-state index in [1.54, 1.807) is 6.07 Å². The molecule has 5 heteroatoms. The summed E-state index contributed by atoms with van der Waals surface area (Å²) in [6.07, 6.45) is 4.31. The maximum Gasteiger partial charge on any atom is 0.311 e. The topological polar surface area (TPSA) is 64.4 Å². The lowest BCUT2D eigenvalue weighted by Gasteiger charge is -2.31. The average molecular weight is 264 g/mol. The van der Waals surface area contributed by atoms with Crippen molar-refractivity contribution in [3.63, 3.8) is 0 Å². The van der Waals surface area contributed by atoms with E-state index < -0.39 is 0 Å². The number of aryl methyl sites for hydroxylation is 1. The van der Waals surface area contributed by atoms with Gasteiger partial charge in [0.15, 0.2) is 5.75 Å². The van der Waals surface area contributed by atoms with Gasteiger partial charge in [-0.25, -0.2) is 0 Å². The van der Waals surface area contributed by atoms with Crippen LogP contribution in [0.5, 0.6) is 5.75 Å². The third kappa shape index (κ3) is 3.04. The monoisotopic (exact) mass is 264 g/mol. The Bertz CT molecular complexity index is 462. The van der Waals surface area contributed by atoms with Gasteiger partial charge in [-0.05, 0) is 38.8 Å². The lowest BCUT2D eigenvalue weighted by atomic mass is 9.92. The van der Waals surface area contributed by atoms with Crippen LogP contribution in [0.25, 0.3) is 0 Å². The van der Waals surface area contributed by atoms with Gasteiger partial charge in [0.1, 0.15) is 6.10 Å². The second kappa shape index (κ2) is 6.02. The van der Waals surface area contributed by atoms with E-state index in [2.05, 4.69) is 5.32 Å². The van der Waals surface area contributed by atoms with Crippen molar-refractivity contribution in [3.8, 4) is 5.75 Å². The molecule has 5 nitrogen and oxygen atoms in total. The van der Waals surface area contributed by atoms with Gasteiger partial charge in [0.25, 0.3) is 0 Å². The summed E-state index contributed by atoms with van der Waals surface area (Å²) >= 11 is 0. The molecule has 0 saturated heterocycles. The van der Waals surface area contributed by atoms with E-state index in [9.17, 15) is 10.1 Å². The summed E-state index contributed by atoms with van der Waals surface area (Å²) in [5, 5.41) is 14.3. The van der Waals surface area contributed by atoms with Crippen molar-refractivity contribution in [2.75, 3.05) is 7.05 Å². The molecule has 0 aliphatic heterocycles. The molecule has 1 aliphatic rings. The van der Waals surface area contributed by atoms with E-state index >= 15 is 0 Å². The first-order valence-electron chi connectivity index (χ1n) is 6.71. The molecule has 1 aromatic carbocycles. The van der Waals surface area contributed by atoms with Gasteiger partial charge in [0.2, 0.25) is 0 Å².